The average molecular weight is 188 g/mol. The highest BCUT2D eigenvalue weighted by Crippen LogP contribution is 2.34. The third kappa shape index (κ3) is 2.37. The normalized spacial score (nSPS) is 11.4. The number of benzene rings is 1. The molecule has 0 aliphatic heterocycles. The highest BCUT2D eigenvalue weighted by atomic mass is 19.4. The van der Waals surface area contributed by atoms with E-state index in [1.807, 2.05) is 0 Å². The lowest BCUT2D eigenvalue weighted by Crippen LogP contribution is -2.10. The van der Waals surface area contributed by atoms with Crippen molar-refractivity contribution >= 4 is 5.69 Å². The summed E-state index contributed by atoms with van der Waals surface area (Å²) < 4.78 is 36.9. The quantitative estimate of drug-likeness (QED) is 0.752. The van der Waals surface area contributed by atoms with Crippen LogP contribution in [0.25, 0.3) is 0 Å². The summed E-state index contributed by atoms with van der Waals surface area (Å²) in [6.45, 7) is 2.21. The molecular weight excluding hydrogens is 179 g/mol. The molecule has 0 saturated carbocycles. The van der Waals surface area contributed by atoms with Gasteiger partial charge in [0.2, 0.25) is 0 Å². The fraction of sp³-hybridized carbons (Fsp3) is 0.333. The monoisotopic (exact) mass is 188 g/mol. The van der Waals surface area contributed by atoms with Gasteiger partial charge in [-0.05, 0) is 25.1 Å². The minimum absolute atomic E-state index is 0.105. The first kappa shape index (κ1) is 9.89. The molecule has 0 spiro atoms. The van der Waals surface area contributed by atoms with Crippen LogP contribution in [0, 0.1) is 6.07 Å². The van der Waals surface area contributed by atoms with E-state index < -0.39 is 11.7 Å². The third-order valence-electron chi connectivity index (χ3n) is 1.54. The molecule has 13 heavy (non-hydrogen) atoms. The van der Waals surface area contributed by atoms with Gasteiger partial charge in [0, 0.05) is 12.2 Å². The van der Waals surface area contributed by atoms with Gasteiger partial charge in [-0.1, -0.05) is 6.07 Å². The molecule has 0 unspecified atom stereocenters. The van der Waals surface area contributed by atoms with Crippen molar-refractivity contribution in [2.75, 3.05) is 11.9 Å². The average Bonchev–Trinajstić information content (AvgIpc) is 2.04. The van der Waals surface area contributed by atoms with Crippen molar-refractivity contribution in [3.8, 4) is 0 Å². The number of anilines is 1. The van der Waals surface area contributed by atoms with Crippen molar-refractivity contribution in [2.45, 2.75) is 13.1 Å². The Balaban J connectivity index is 3.05. The second-order valence-corrected chi connectivity index (χ2v) is 2.50. The molecule has 1 nitrogen and oxygen atoms in total. The maximum atomic E-state index is 12.3. The van der Waals surface area contributed by atoms with Crippen molar-refractivity contribution in [1.29, 1.82) is 0 Å². The Morgan fingerprint density at radius 1 is 1.46 bits per heavy atom. The summed E-state index contributed by atoms with van der Waals surface area (Å²) in [5, 5.41) is 2.64. The summed E-state index contributed by atoms with van der Waals surface area (Å²) in [6, 6.07) is 6.17. The van der Waals surface area contributed by atoms with E-state index >= 15 is 0 Å². The van der Waals surface area contributed by atoms with Gasteiger partial charge < -0.3 is 5.32 Å². The topological polar surface area (TPSA) is 12.0 Å². The molecule has 1 rings (SSSR count). The molecule has 71 valence electrons. The zero-order chi connectivity index (χ0) is 9.90. The summed E-state index contributed by atoms with van der Waals surface area (Å²) in [4.78, 5) is 0. The first-order valence-electron chi connectivity index (χ1n) is 3.87. The number of nitrogens with one attached hydrogen (secondary N) is 1. The van der Waals surface area contributed by atoms with Crippen LogP contribution in [-0.2, 0) is 6.18 Å². The Labute approximate surface area is 74.6 Å². The van der Waals surface area contributed by atoms with Gasteiger partial charge in [0.15, 0.2) is 0 Å². The lowest BCUT2D eigenvalue weighted by atomic mass is 10.1. The molecule has 0 bridgehead atoms. The van der Waals surface area contributed by atoms with Gasteiger partial charge in [-0.15, -0.1) is 0 Å². The van der Waals surface area contributed by atoms with Gasteiger partial charge in [-0.2, -0.15) is 13.2 Å². The fourth-order valence-corrected chi connectivity index (χ4v) is 1.01. The second kappa shape index (κ2) is 3.68. The Bertz CT molecular complexity index is 280. The molecule has 0 saturated heterocycles. The summed E-state index contributed by atoms with van der Waals surface area (Å²) >= 11 is 0. The summed E-state index contributed by atoms with van der Waals surface area (Å²) in [6.07, 6.45) is -4.31. The Morgan fingerprint density at radius 2 is 2.15 bits per heavy atom. The summed E-state index contributed by atoms with van der Waals surface area (Å²) in [5.41, 5.74) is -0.564. The van der Waals surface area contributed by atoms with Crippen molar-refractivity contribution in [3.05, 3.63) is 29.8 Å². The molecule has 1 N–H and O–H groups in total. The van der Waals surface area contributed by atoms with Gasteiger partial charge >= 0.3 is 6.18 Å². The number of halogens is 3. The molecule has 0 amide bonds. The largest absolute Gasteiger partial charge is 0.418 e. The molecule has 0 aromatic heterocycles. The van der Waals surface area contributed by atoms with Crippen LogP contribution in [0.5, 0.6) is 0 Å². The first-order chi connectivity index (χ1) is 6.05. The van der Waals surface area contributed by atoms with Crippen molar-refractivity contribution in [1.82, 2.24) is 0 Å². The van der Waals surface area contributed by atoms with Crippen molar-refractivity contribution in [2.24, 2.45) is 0 Å². The molecule has 0 heterocycles. The van der Waals surface area contributed by atoms with Crippen LogP contribution in [0.2, 0.25) is 0 Å². The van der Waals surface area contributed by atoms with E-state index in [9.17, 15) is 13.2 Å². The molecule has 0 atom stereocenters. The Kier molecular flexibility index (Phi) is 2.80. The maximum Gasteiger partial charge on any atom is 0.418 e. The van der Waals surface area contributed by atoms with E-state index in [1.165, 1.54) is 12.1 Å². The van der Waals surface area contributed by atoms with Crippen molar-refractivity contribution < 1.29 is 13.2 Å². The van der Waals surface area contributed by atoms with Crippen LogP contribution < -0.4 is 5.32 Å². The summed E-state index contributed by atoms with van der Waals surface area (Å²) in [7, 11) is 0. The van der Waals surface area contributed by atoms with Crippen LogP contribution >= 0.6 is 0 Å². The number of hydrogen-bond donors (Lipinski definition) is 1. The Morgan fingerprint density at radius 3 is 2.69 bits per heavy atom. The van der Waals surface area contributed by atoms with Crippen LogP contribution in [0.15, 0.2) is 18.2 Å². The third-order valence-corrected chi connectivity index (χ3v) is 1.54. The predicted molar refractivity (Wildman–Crippen MR) is 44.4 cm³/mol. The van der Waals surface area contributed by atoms with E-state index in [-0.39, 0.29) is 5.69 Å². The number of alkyl halides is 3. The van der Waals surface area contributed by atoms with Gasteiger partial charge in [-0.25, -0.2) is 0 Å². The molecule has 0 aliphatic carbocycles. The number of hydrogen-bond acceptors (Lipinski definition) is 1. The second-order valence-electron chi connectivity index (χ2n) is 2.50. The molecular formula is C9H9F3N. The highest BCUT2D eigenvalue weighted by molar-refractivity contribution is 5.52. The van der Waals surface area contributed by atoms with Crippen molar-refractivity contribution in [3.63, 3.8) is 0 Å². The first-order valence-corrected chi connectivity index (χ1v) is 3.87. The smallest absolute Gasteiger partial charge is 0.385 e. The summed E-state index contributed by atoms with van der Waals surface area (Å²) in [5.74, 6) is 0. The van der Waals surface area contributed by atoms with Crippen LogP contribution in [-0.4, -0.2) is 6.54 Å². The highest BCUT2D eigenvalue weighted by Gasteiger charge is 2.32. The molecule has 0 aliphatic rings. The van der Waals surface area contributed by atoms with E-state index in [0.29, 0.717) is 6.54 Å². The van der Waals surface area contributed by atoms with Crippen LogP contribution in [0.3, 0.4) is 0 Å². The minimum Gasteiger partial charge on any atom is -0.385 e. The zero-order valence-electron chi connectivity index (χ0n) is 7.07. The van der Waals surface area contributed by atoms with Crippen LogP contribution in [0.4, 0.5) is 18.9 Å². The maximum absolute atomic E-state index is 12.3. The molecule has 1 radical (unpaired) electrons. The molecule has 0 fully saturated rings. The van der Waals surface area contributed by atoms with Gasteiger partial charge in [0.1, 0.15) is 0 Å². The zero-order valence-corrected chi connectivity index (χ0v) is 7.07. The van der Waals surface area contributed by atoms with E-state index in [0.717, 1.165) is 6.07 Å². The standard InChI is InChI=1S/C9H9F3N/c1-2-13-8-6-4-3-5-7(8)9(10,11)12/h4-6,13H,2H2,1H3. The van der Waals surface area contributed by atoms with Gasteiger partial charge in [0.25, 0.3) is 0 Å². The van der Waals surface area contributed by atoms with Gasteiger partial charge in [-0.3, -0.25) is 0 Å². The molecule has 4 heteroatoms. The SMILES string of the molecule is CCNc1cc[c]cc1C(F)(F)F. The minimum atomic E-state index is -4.31. The lowest BCUT2D eigenvalue weighted by Gasteiger charge is -2.12. The predicted octanol–water partition coefficient (Wildman–Crippen LogP) is 2.94. The van der Waals surface area contributed by atoms with Gasteiger partial charge in [0.05, 0.1) is 5.56 Å². The fourth-order valence-electron chi connectivity index (χ4n) is 1.01. The molecule has 1 aromatic carbocycles. The van der Waals surface area contributed by atoms with E-state index in [1.54, 1.807) is 6.92 Å². The number of rotatable bonds is 2. The Hall–Kier alpha value is -1.19. The lowest BCUT2D eigenvalue weighted by molar-refractivity contribution is -0.137. The van der Waals surface area contributed by atoms with E-state index in [2.05, 4.69) is 11.4 Å². The van der Waals surface area contributed by atoms with E-state index in [4.69, 9.17) is 0 Å². The van der Waals surface area contributed by atoms with Crippen LogP contribution in [0.1, 0.15) is 12.5 Å². The molecule has 1 aromatic rings.